The lowest BCUT2D eigenvalue weighted by Gasteiger charge is -1.97. The van der Waals surface area contributed by atoms with Crippen molar-refractivity contribution in [3.05, 3.63) is 33.6 Å². The van der Waals surface area contributed by atoms with Gasteiger partial charge in [0.15, 0.2) is 5.82 Å². The van der Waals surface area contributed by atoms with Crippen LogP contribution in [0, 0.1) is 0 Å². The number of amides is 1. The Balaban J connectivity index is 2.10. The average molecular weight is 242 g/mol. The van der Waals surface area contributed by atoms with Crippen LogP contribution in [0.3, 0.4) is 0 Å². The molecule has 0 fully saturated rings. The number of thiophene rings is 1. The monoisotopic (exact) mass is 241 g/mol. The van der Waals surface area contributed by atoms with Gasteiger partial charge >= 0.3 is 0 Å². The van der Waals surface area contributed by atoms with Crippen molar-refractivity contribution in [1.29, 1.82) is 0 Å². The average Bonchev–Trinajstić information content (AvgIpc) is 2.75. The molecule has 2 aromatic rings. The second kappa shape index (κ2) is 4.04. The maximum absolute atomic E-state index is 11.6. The van der Waals surface area contributed by atoms with Crippen molar-refractivity contribution in [1.82, 2.24) is 9.78 Å². The summed E-state index contributed by atoms with van der Waals surface area (Å²) in [6, 6.07) is 5.11. The summed E-state index contributed by atoms with van der Waals surface area (Å²) in [5.74, 6) is 0.345. The Morgan fingerprint density at radius 2 is 2.33 bits per heavy atom. The smallest absolute Gasteiger partial charge is 0.266 e. The Morgan fingerprint density at radius 1 is 1.53 bits per heavy atom. The third-order valence-corrected chi connectivity index (χ3v) is 2.98. The highest BCUT2D eigenvalue weighted by Crippen LogP contribution is 2.22. The Hall–Kier alpha value is -1.33. The summed E-state index contributed by atoms with van der Waals surface area (Å²) in [6.45, 7) is 0. The van der Waals surface area contributed by atoms with Crippen molar-refractivity contribution in [2.45, 2.75) is 0 Å². The number of aryl methyl sites for hydroxylation is 1. The van der Waals surface area contributed by atoms with E-state index in [0.29, 0.717) is 15.0 Å². The van der Waals surface area contributed by atoms with Gasteiger partial charge in [-0.3, -0.25) is 9.48 Å². The molecule has 6 heteroatoms. The largest absolute Gasteiger partial charge is 0.304 e. The molecule has 0 spiro atoms. The van der Waals surface area contributed by atoms with Gasteiger partial charge in [-0.1, -0.05) is 11.6 Å². The molecule has 0 aliphatic carbocycles. The van der Waals surface area contributed by atoms with E-state index in [1.54, 1.807) is 36.1 Å². The summed E-state index contributed by atoms with van der Waals surface area (Å²) in [6.07, 6.45) is 1.76. The summed E-state index contributed by atoms with van der Waals surface area (Å²) in [7, 11) is 1.79. The van der Waals surface area contributed by atoms with Gasteiger partial charge in [0.05, 0.1) is 9.21 Å². The summed E-state index contributed by atoms with van der Waals surface area (Å²) >= 11 is 6.97. The molecule has 15 heavy (non-hydrogen) atoms. The minimum Gasteiger partial charge on any atom is -0.304 e. The first-order valence-electron chi connectivity index (χ1n) is 4.21. The van der Waals surface area contributed by atoms with Crippen molar-refractivity contribution >= 4 is 34.7 Å². The molecular weight excluding hydrogens is 234 g/mol. The van der Waals surface area contributed by atoms with Crippen LogP contribution in [0.2, 0.25) is 4.34 Å². The number of hydrogen-bond acceptors (Lipinski definition) is 3. The topological polar surface area (TPSA) is 46.9 Å². The van der Waals surface area contributed by atoms with E-state index in [1.165, 1.54) is 11.3 Å². The van der Waals surface area contributed by atoms with Crippen LogP contribution in [0.25, 0.3) is 0 Å². The van der Waals surface area contributed by atoms with Gasteiger partial charge in [-0.2, -0.15) is 5.10 Å². The number of aromatic nitrogens is 2. The van der Waals surface area contributed by atoms with Crippen molar-refractivity contribution < 1.29 is 4.79 Å². The van der Waals surface area contributed by atoms with Gasteiger partial charge in [0.2, 0.25) is 0 Å². The van der Waals surface area contributed by atoms with Gasteiger partial charge in [0.25, 0.3) is 5.91 Å². The molecule has 0 aliphatic rings. The number of nitrogens with zero attached hydrogens (tertiary/aromatic N) is 2. The molecule has 1 amide bonds. The minimum atomic E-state index is -0.189. The molecule has 0 atom stereocenters. The van der Waals surface area contributed by atoms with Gasteiger partial charge in [-0.25, -0.2) is 0 Å². The molecule has 1 N–H and O–H groups in total. The Labute approximate surface area is 95.5 Å². The normalized spacial score (nSPS) is 10.3. The summed E-state index contributed by atoms with van der Waals surface area (Å²) in [5.41, 5.74) is 0. The lowest BCUT2D eigenvalue weighted by Crippen LogP contribution is -2.10. The fourth-order valence-corrected chi connectivity index (χ4v) is 2.03. The summed E-state index contributed by atoms with van der Waals surface area (Å²) in [4.78, 5) is 12.2. The van der Waals surface area contributed by atoms with E-state index in [4.69, 9.17) is 11.6 Å². The van der Waals surface area contributed by atoms with E-state index in [9.17, 15) is 4.79 Å². The van der Waals surface area contributed by atoms with E-state index in [1.807, 2.05) is 0 Å². The standard InChI is InChI=1S/C9H8ClN3OS/c1-13-5-4-8(12-13)11-9(14)6-2-3-7(10)15-6/h2-5H,1H3,(H,11,12,14). The van der Waals surface area contributed by atoms with Crippen LogP contribution in [-0.4, -0.2) is 15.7 Å². The number of halogens is 1. The number of hydrogen-bond donors (Lipinski definition) is 1. The lowest BCUT2D eigenvalue weighted by atomic mass is 10.4. The molecule has 0 bridgehead atoms. The summed E-state index contributed by atoms with van der Waals surface area (Å²) in [5, 5.41) is 6.71. The zero-order chi connectivity index (χ0) is 10.8. The predicted molar refractivity (Wildman–Crippen MR) is 60.5 cm³/mol. The molecule has 4 nitrogen and oxygen atoms in total. The van der Waals surface area contributed by atoms with Crippen LogP contribution in [0.5, 0.6) is 0 Å². The number of anilines is 1. The van der Waals surface area contributed by atoms with Crippen molar-refractivity contribution in [3.63, 3.8) is 0 Å². The molecule has 2 aromatic heterocycles. The SMILES string of the molecule is Cn1ccc(NC(=O)c2ccc(Cl)s2)n1. The molecule has 78 valence electrons. The number of carbonyl (C=O) groups excluding carboxylic acids is 1. The van der Waals surface area contributed by atoms with Crippen LogP contribution in [0.1, 0.15) is 9.67 Å². The van der Waals surface area contributed by atoms with E-state index >= 15 is 0 Å². The third-order valence-electron chi connectivity index (χ3n) is 1.75. The highest BCUT2D eigenvalue weighted by molar-refractivity contribution is 7.18. The zero-order valence-corrected chi connectivity index (χ0v) is 9.47. The second-order valence-corrected chi connectivity index (χ2v) is 4.65. The van der Waals surface area contributed by atoms with Crippen LogP contribution >= 0.6 is 22.9 Å². The van der Waals surface area contributed by atoms with E-state index < -0.39 is 0 Å². The van der Waals surface area contributed by atoms with Gasteiger partial charge in [-0.15, -0.1) is 11.3 Å². The van der Waals surface area contributed by atoms with Crippen LogP contribution in [-0.2, 0) is 7.05 Å². The van der Waals surface area contributed by atoms with E-state index in [2.05, 4.69) is 10.4 Å². The zero-order valence-electron chi connectivity index (χ0n) is 7.90. The second-order valence-electron chi connectivity index (χ2n) is 2.93. The van der Waals surface area contributed by atoms with E-state index in [0.717, 1.165) is 0 Å². The lowest BCUT2D eigenvalue weighted by molar-refractivity contribution is 0.103. The third kappa shape index (κ3) is 2.37. The Kier molecular flexibility index (Phi) is 2.75. The van der Waals surface area contributed by atoms with Gasteiger partial charge in [0, 0.05) is 19.3 Å². The van der Waals surface area contributed by atoms with E-state index in [-0.39, 0.29) is 5.91 Å². The highest BCUT2D eigenvalue weighted by Gasteiger charge is 2.09. The summed E-state index contributed by atoms with van der Waals surface area (Å²) < 4.78 is 2.22. The highest BCUT2D eigenvalue weighted by atomic mass is 35.5. The van der Waals surface area contributed by atoms with Crippen molar-refractivity contribution in [2.75, 3.05) is 5.32 Å². The quantitative estimate of drug-likeness (QED) is 0.878. The molecule has 0 aliphatic heterocycles. The van der Waals surface area contributed by atoms with Crippen LogP contribution < -0.4 is 5.32 Å². The first-order valence-corrected chi connectivity index (χ1v) is 5.41. The van der Waals surface area contributed by atoms with Crippen molar-refractivity contribution in [3.8, 4) is 0 Å². The molecular formula is C9H8ClN3OS. The Bertz CT molecular complexity index is 491. The molecule has 2 rings (SSSR count). The van der Waals surface area contributed by atoms with Gasteiger partial charge in [0.1, 0.15) is 0 Å². The van der Waals surface area contributed by atoms with Gasteiger partial charge in [-0.05, 0) is 12.1 Å². The fraction of sp³-hybridized carbons (Fsp3) is 0.111. The number of nitrogens with one attached hydrogen (secondary N) is 1. The molecule has 0 saturated carbocycles. The first kappa shape index (κ1) is 10.2. The molecule has 0 aromatic carbocycles. The minimum absolute atomic E-state index is 0.189. The molecule has 2 heterocycles. The fourth-order valence-electron chi connectivity index (χ4n) is 1.10. The molecule has 0 unspecified atom stereocenters. The first-order chi connectivity index (χ1) is 7.15. The van der Waals surface area contributed by atoms with Gasteiger partial charge < -0.3 is 5.32 Å². The maximum Gasteiger partial charge on any atom is 0.266 e. The number of rotatable bonds is 2. The number of carbonyl (C=O) groups is 1. The molecule has 0 radical (unpaired) electrons. The molecule has 0 saturated heterocycles. The Morgan fingerprint density at radius 3 is 2.87 bits per heavy atom. The predicted octanol–water partition coefficient (Wildman–Crippen LogP) is 2.39. The van der Waals surface area contributed by atoms with Crippen molar-refractivity contribution in [2.24, 2.45) is 7.05 Å². The maximum atomic E-state index is 11.6. The van der Waals surface area contributed by atoms with Crippen LogP contribution in [0.4, 0.5) is 5.82 Å². The van der Waals surface area contributed by atoms with Crippen LogP contribution in [0.15, 0.2) is 24.4 Å².